The number of amides is 1. The van der Waals surface area contributed by atoms with E-state index < -0.39 is 16.0 Å². The highest BCUT2D eigenvalue weighted by Gasteiger charge is 2.32. The number of hydrogen-bond acceptors (Lipinski definition) is 7. The molecule has 1 saturated heterocycles. The third kappa shape index (κ3) is 5.88. The zero-order chi connectivity index (χ0) is 29.0. The van der Waals surface area contributed by atoms with Gasteiger partial charge in [0.2, 0.25) is 21.8 Å². The Kier molecular flexibility index (Phi) is 8.92. The Bertz CT molecular complexity index is 1510. The minimum atomic E-state index is -4.08. The van der Waals surface area contributed by atoms with Crippen molar-refractivity contribution in [3.8, 4) is 17.3 Å². The molecule has 1 aliphatic rings. The van der Waals surface area contributed by atoms with E-state index in [0.29, 0.717) is 24.2 Å². The number of carbonyl (C=O) groups is 2. The SMILES string of the molecule is CCc1ccccc1-n1nc(C(=O)O)c(C)c1Oc1ccc(NC(=O)C(C)CC)cc1S(=O)(=O)N1CCOCC1. The maximum Gasteiger partial charge on any atom is 0.356 e. The van der Waals surface area contributed by atoms with Gasteiger partial charge in [0.25, 0.3) is 0 Å². The van der Waals surface area contributed by atoms with Crippen LogP contribution in [0, 0.1) is 12.8 Å². The van der Waals surface area contributed by atoms with Crippen LogP contribution in [0.25, 0.3) is 5.69 Å². The number of nitrogens with zero attached hydrogens (tertiary/aromatic N) is 3. The summed E-state index contributed by atoms with van der Waals surface area (Å²) in [6.07, 6.45) is 1.28. The summed E-state index contributed by atoms with van der Waals surface area (Å²) < 4.78 is 42.0. The van der Waals surface area contributed by atoms with E-state index in [9.17, 15) is 23.1 Å². The molecule has 0 spiro atoms. The van der Waals surface area contributed by atoms with Gasteiger partial charge in [-0.3, -0.25) is 4.79 Å². The Balaban J connectivity index is 1.86. The highest BCUT2D eigenvalue weighted by Crippen LogP contribution is 2.37. The number of hydrogen-bond donors (Lipinski definition) is 2. The van der Waals surface area contributed by atoms with E-state index in [0.717, 1.165) is 5.56 Å². The summed E-state index contributed by atoms with van der Waals surface area (Å²) in [5, 5.41) is 16.9. The first-order valence-corrected chi connectivity index (χ1v) is 14.6. The van der Waals surface area contributed by atoms with E-state index in [1.54, 1.807) is 32.0 Å². The molecule has 1 aromatic heterocycles. The fourth-order valence-corrected chi connectivity index (χ4v) is 5.88. The van der Waals surface area contributed by atoms with Gasteiger partial charge in [0.1, 0.15) is 10.6 Å². The molecule has 3 aromatic rings. The molecule has 2 N–H and O–H groups in total. The maximum atomic E-state index is 13.8. The number of morpholine rings is 1. The number of carbonyl (C=O) groups excluding carboxylic acids is 1. The van der Waals surface area contributed by atoms with Crippen molar-refractivity contribution >= 4 is 27.6 Å². The van der Waals surface area contributed by atoms with Gasteiger partial charge in [0.15, 0.2) is 5.69 Å². The quantitative estimate of drug-likeness (QED) is 0.369. The number of rotatable bonds is 10. The molecule has 40 heavy (non-hydrogen) atoms. The first kappa shape index (κ1) is 29.2. The number of aromatic nitrogens is 2. The molecule has 0 saturated carbocycles. The highest BCUT2D eigenvalue weighted by atomic mass is 32.2. The molecule has 12 heteroatoms. The van der Waals surface area contributed by atoms with Gasteiger partial charge >= 0.3 is 5.97 Å². The van der Waals surface area contributed by atoms with Gasteiger partial charge in [0.05, 0.1) is 18.9 Å². The Morgan fingerprint density at radius 3 is 2.50 bits per heavy atom. The molecule has 1 atom stereocenters. The molecule has 0 radical (unpaired) electrons. The topological polar surface area (TPSA) is 140 Å². The second-order valence-electron chi connectivity index (χ2n) is 9.56. The van der Waals surface area contributed by atoms with E-state index in [-0.39, 0.29) is 65.9 Å². The maximum absolute atomic E-state index is 13.8. The van der Waals surface area contributed by atoms with E-state index in [1.165, 1.54) is 21.1 Å². The fourth-order valence-electron chi connectivity index (χ4n) is 4.34. The lowest BCUT2D eigenvalue weighted by Crippen LogP contribution is -2.40. The first-order valence-electron chi connectivity index (χ1n) is 13.2. The Morgan fingerprint density at radius 2 is 1.85 bits per heavy atom. The number of aromatic carboxylic acids is 1. The van der Waals surface area contributed by atoms with Crippen LogP contribution in [-0.2, 0) is 26.0 Å². The number of carboxylic acids is 1. The zero-order valence-corrected chi connectivity index (χ0v) is 23.8. The minimum absolute atomic E-state index is 0.0248. The number of benzene rings is 2. The van der Waals surface area contributed by atoms with Crippen molar-refractivity contribution in [1.82, 2.24) is 14.1 Å². The number of para-hydroxylation sites is 1. The second-order valence-corrected chi connectivity index (χ2v) is 11.5. The van der Waals surface area contributed by atoms with Gasteiger partial charge < -0.3 is 19.9 Å². The van der Waals surface area contributed by atoms with Gasteiger partial charge in [-0.1, -0.05) is 39.0 Å². The fraction of sp³-hybridized carbons (Fsp3) is 0.393. The minimum Gasteiger partial charge on any atom is -0.476 e. The van der Waals surface area contributed by atoms with Crippen molar-refractivity contribution in [2.75, 3.05) is 31.6 Å². The van der Waals surface area contributed by atoms with Crippen molar-refractivity contribution in [3.63, 3.8) is 0 Å². The lowest BCUT2D eigenvalue weighted by atomic mass is 10.1. The molecule has 0 aliphatic carbocycles. The van der Waals surface area contributed by atoms with Gasteiger partial charge in [-0.25, -0.2) is 13.2 Å². The van der Waals surface area contributed by atoms with Crippen LogP contribution in [0.1, 0.15) is 48.8 Å². The van der Waals surface area contributed by atoms with Gasteiger partial charge in [0, 0.05) is 30.3 Å². The number of anilines is 1. The molecule has 0 bridgehead atoms. The van der Waals surface area contributed by atoms with Crippen LogP contribution >= 0.6 is 0 Å². The molecule has 2 heterocycles. The van der Waals surface area contributed by atoms with Crippen LogP contribution in [-0.4, -0.2) is 65.8 Å². The van der Waals surface area contributed by atoms with Gasteiger partial charge in [-0.05, 0) is 49.6 Å². The van der Waals surface area contributed by atoms with Crippen LogP contribution in [0.2, 0.25) is 0 Å². The van der Waals surface area contributed by atoms with Crippen LogP contribution in [0.4, 0.5) is 5.69 Å². The summed E-state index contributed by atoms with van der Waals surface area (Å²) in [5.41, 5.74) is 1.84. The first-order chi connectivity index (χ1) is 19.1. The normalized spacial score (nSPS) is 15.0. The van der Waals surface area contributed by atoms with Crippen LogP contribution < -0.4 is 10.1 Å². The summed E-state index contributed by atoms with van der Waals surface area (Å²) in [6.45, 7) is 8.04. The molecule has 214 valence electrons. The summed E-state index contributed by atoms with van der Waals surface area (Å²) >= 11 is 0. The molecular weight excluding hydrogens is 536 g/mol. The number of nitrogens with one attached hydrogen (secondary N) is 1. The molecule has 1 fully saturated rings. The van der Waals surface area contributed by atoms with Crippen molar-refractivity contribution < 1.29 is 32.6 Å². The molecule has 1 aliphatic heterocycles. The molecule has 1 unspecified atom stereocenters. The van der Waals surface area contributed by atoms with Crippen molar-refractivity contribution in [2.45, 2.75) is 45.4 Å². The van der Waals surface area contributed by atoms with Gasteiger partial charge in [-0.2, -0.15) is 14.1 Å². The highest BCUT2D eigenvalue weighted by molar-refractivity contribution is 7.89. The monoisotopic (exact) mass is 570 g/mol. The predicted octanol–water partition coefficient (Wildman–Crippen LogP) is 4.24. The van der Waals surface area contributed by atoms with Crippen molar-refractivity contribution in [3.05, 3.63) is 59.3 Å². The Morgan fingerprint density at radius 1 is 1.15 bits per heavy atom. The zero-order valence-electron chi connectivity index (χ0n) is 23.0. The van der Waals surface area contributed by atoms with Crippen molar-refractivity contribution in [1.29, 1.82) is 0 Å². The number of sulfonamides is 1. The third-order valence-corrected chi connectivity index (χ3v) is 8.86. The average molecular weight is 571 g/mol. The lowest BCUT2D eigenvalue weighted by molar-refractivity contribution is -0.119. The standard InChI is InChI=1S/C28H34N4O7S/c1-5-18(3)26(33)29-21-11-12-23(24(17-21)40(36,37)31-13-15-38-16-14-31)39-27-19(4)25(28(34)35)30-32(27)22-10-8-7-9-20(22)6-2/h7-12,17-18H,5-6,13-16H2,1-4H3,(H,29,33)(H,34,35). The Hall–Kier alpha value is -3.74. The van der Waals surface area contributed by atoms with E-state index >= 15 is 0 Å². The molecular formula is C28H34N4O7S. The third-order valence-electron chi connectivity index (χ3n) is 6.94. The van der Waals surface area contributed by atoms with E-state index in [2.05, 4.69) is 10.4 Å². The van der Waals surface area contributed by atoms with Crippen LogP contribution in [0.5, 0.6) is 11.6 Å². The summed E-state index contributed by atoms with van der Waals surface area (Å²) in [4.78, 5) is 24.4. The molecule has 11 nitrogen and oxygen atoms in total. The Labute approximate surface area is 233 Å². The predicted molar refractivity (Wildman–Crippen MR) is 149 cm³/mol. The summed E-state index contributed by atoms with van der Waals surface area (Å²) in [7, 11) is -4.08. The molecule has 1 amide bonds. The summed E-state index contributed by atoms with van der Waals surface area (Å²) in [5.74, 6) is -1.68. The number of aryl methyl sites for hydroxylation is 1. The van der Waals surface area contributed by atoms with Gasteiger partial charge in [-0.15, -0.1) is 0 Å². The van der Waals surface area contributed by atoms with E-state index in [1.807, 2.05) is 26.0 Å². The second kappa shape index (κ2) is 12.2. The number of carboxylic acid groups (broad SMARTS) is 1. The molecule has 2 aromatic carbocycles. The smallest absolute Gasteiger partial charge is 0.356 e. The summed E-state index contributed by atoms with van der Waals surface area (Å²) in [6, 6.07) is 11.8. The largest absolute Gasteiger partial charge is 0.476 e. The lowest BCUT2D eigenvalue weighted by Gasteiger charge is -2.27. The van der Waals surface area contributed by atoms with E-state index in [4.69, 9.17) is 9.47 Å². The molecule has 4 rings (SSSR count). The number of ether oxygens (including phenoxy) is 2. The van der Waals surface area contributed by atoms with Crippen molar-refractivity contribution in [2.24, 2.45) is 5.92 Å². The average Bonchev–Trinajstić information content (AvgIpc) is 3.29. The van der Waals surface area contributed by atoms with Crippen LogP contribution in [0.3, 0.4) is 0 Å². The van der Waals surface area contributed by atoms with Crippen LogP contribution in [0.15, 0.2) is 47.4 Å².